The molecule has 2 heterocycles. The molecule has 18 heavy (non-hydrogen) atoms. The molecule has 0 bridgehead atoms. The minimum absolute atomic E-state index is 0.519. The van der Waals surface area contributed by atoms with E-state index in [1.165, 1.54) is 19.3 Å². The van der Waals surface area contributed by atoms with E-state index in [2.05, 4.69) is 15.1 Å². The van der Waals surface area contributed by atoms with Crippen LogP contribution in [-0.4, -0.2) is 43.1 Å². The molecule has 1 aliphatic rings. The van der Waals surface area contributed by atoms with Crippen molar-refractivity contribution in [1.82, 2.24) is 10.2 Å². The van der Waals surface area contributed by atoms with E-state index in [4.69, 9.17) is 9.47 Å². The zero-order valence-electron chi connectivity index (χ0n) is 11.0. The Morgan fingerprint density at radius 2 is 1.94 bits per heavy atom. The van der Waals surface area contributed by atoms with Gasteiger partial charge < -0.3 is 14.4 Å². The maximum Gasteiger partial charge on any atom is 0.233 e. The van der Waals surface area contributed by atoms with E-state index >= 15 is 0 Å². The highest BCUT2D eigenvalue weighted by Crippen LogP contribution is 2.17. The summed E-state index contributed by atoms with van der Waals surface area (Å²) in [5, 5.41) is 8.29. The van der Waals surface area contributed by atoms with Crippen LogP contribution in [0.2, 0.25) is 0 Å². The topological polar surface area (TPSA) is 47.5 Å². The van der Waals surface area contributed by atoms with Crippen LogP contribution in [0.3, 0.4) is 0 Å². The number of anilines is 1. The van der Waals surface area contributed by atoms with Gasteiger partial charge in [-0.2, -0.15) is 0 Å². The van der Waals surface area contributed by atoms with E-state index in [0.717, 1.165) is 18.9 Å². The summed E-state index contributed by atoms with van der Waals surface area (Å²) >= 11 is 0. The highest BCUT2D eigenvalue weighted by molar-refractivity contribution is 5.38. The molecule has 0 aromatic carbocycles. The Morgan fingerprint density at radius 1 is 1.11 bits per heavy atom. The summed E-state index contributed by atoms with van der Waals surface area (Å²) in [7, 11) is 0. The van der Waals surface area contributed by atoms with Gasteiger partial charge in [-0.05, 0) is 32.3 Å². The van der Waals surface area contributed by atoms with Crippen molar-refractivity contribution in [3.63, 3.8) is 0 Å². The van der Waals surface area contributed by atoms with E-state index < -0.39 is 0 Å². The Labute approximate surface area is 108 Å². The third kappa shape index (κ3) is 3.84. The second kappa shape index (κ2) is 7.16. The minimum Gasteiger partial charge on any atom is -0.474 e. The van der Waals surface area contributed by atoms with Gasteiger partial charge in [0.25, 0.3) is 0 Å². The van der Waals surface area contributed by atoms with Crippen molar-refractivity contribution in [2.24, 2.45) is 0 Å². The Hall–Kier alpha value is -1.36. The van der Waals surface area contributed by atoms with Crippen LogP contribution in [0.15, 0.2) is 12.1 Å². The molecule has 0 saturated carbocycles. The third-order valence-corrected chi connectivity index (χ3v) is 2.99. The number of hydrogen-bond donors (Lipinski definition) is 0. The van der Waals surface area contributed by atoms with Crippen molar-refractivity contribution >= 4 is 5.82 Å². The van der Waals surface area contributed by atoms with Crippen molar-refractivity contribution < 1.29 is 9.47 Å². The Balaban J connectivity index is 1.81. The van der Waals surface area contributed by atoms with Crippen molar-refractivity contribution in [2.45, 2.75) is 26.2 Å². The van der Waals surface area contributed by atoms with Crippen LogP contribution in [0.25, 0.3) is 0 Å². The largest absolute Gasteiger partial charge is 0.474 e. The molecule has 1 saturated heterocycles. The van der Waals surface area contributed by atoms with E-state index in [9.17, 15) is 0 Å². The summed E-state index contributed by atoms with van der Waals surface area (Å²) < 4.78 is 10.6. The molecular weight excluding hydrogens is 230 g/mol. The summed E-state index contributed by atoms with van der Waals surface area (Å²) in [6.45, 7) is 5.95. The van der Waals surface area contributed by atoms with Gasteiger partial charge in [-0.3, -0.25) is 0 Å². The molecular formula is C13H21N3O2. The van der Waals surface area contributed by atoms with Gasteiger partial charge in [0, 0.05) is 25.8 Å². The molecule has 5 nitrogen and oxygen atoms in total. The Kier molecular flexibility index (Phi) is 5.20. The summed E-state index contributed by atoms with van der Waals surface area (Å²) in [6.07, 6.45) is 3.81. The van der Waals surface area contributed by atoms with Crippen molar-refractivity contribution in [1.29, 1.82) is 0 Å². The lowest BCUT2D eigenvalue weighted by atomic mass is 10.1. The van der Waals surface area contributed by atoms with E-state index in [1.807, 2.05) is 19.1 Å². The lowest BCUT2D eigenvalue weighted by molar-refractivity contribution is 0.108. The van der Waals surface area contributed by atoms with Gasteiger partial charge in [-0.1, -0.05) is 0 Å². The molecule has 0 radical (unpaired) electrons. The van der Waals surface area contributed by atoms with Gasteiger partial charge in [0.2, 0.25) is 5.88 Å². The summed E-state index contributed by atoms with van der Waals surface area (Å²) in [5.41, 5.74) is 0. The fourth-order valence-electron chi connectivity index (χ4n) is 2.03. The van der Waals surface area contributed by atoms with Crippen LogP contribution in [0.5, 0.6) is 5.88 Å². The SMILES string of the molecule is CCOCCOc1ccc(N2CCCCC2)nn1. The van der Waals surface area contributed by atoms with Gasteiger partial charge in [0.05, 0.1) is 6.61 Å². The monoisotopic (exact) mass is 251 g/mol. The maximum absolute atomic E-state index is 5.43. The fourth-order valence-corrected chi connectivity index (χ4v) is 2.03. The first-order valence-corrected chi connectivity index (χ1v) is 6.69. The smallest absolute Gasteiger partial charge is 0.233 e. The van der Waals surface area contributed by atoms with Crippen LogP contribution < -0.4 is 9.64 Å². The summed E-state index contributed by atoms with van der Waals surface area (Å²) in [4.78, 5) is 2.28. The van der Waals surface area contributed by atoms with Crippen molar-refractivity contribution in [2.75, 3.05) is 37.8 Å². The standard InChI is InChI=1S/C13H21N3O2/c1-2-17-10-11-18-13-7-6-12(14-15-13)16-8-4-3-5-9-16/h6-7H,2-5,8-11H2,1H3. The first kappa shape index (κ1) is 13.1. The van der Waals surface area contributed by atoms with Gasteiger partial charge >= 0.3 is 0 Å². The Morgan fingerprint density at radius 3 is 2.61 bits per heavy atom. The molecule has 1 aromatic rings. The van der Waals surface area contributed by atoms with Crippen LogP contribution >= 0.6 is 0 Å². The van der Waals surface area contributed by atoms with Gasteiger partial charge in [-0.25, -0.2) is 0 Å². The number of aromatic nitrogens is 2. The molecule has 1 fully saturated rings. The molecule has 2 rings (SSSR count). The molecule has 0 amide bonds. The van der Waals surface area contributed by atoms with E-state index in [1.54, 1.807) is 0 Å². The van der Waals surface area contributed by atoms with Crippen LogP contribution in [0.4, 0.5) is 5.82 Å². The molecule has 5 heteroatoms. The third-order valence-electron chi connectivity index (χ3n) is 2.99. The zero-order chi connectivity index (χ0) is 12.6. The minimum atomic E-state index is 0.519. The normalized spacial score (nSPS) is 15.7. The average molecular weight is 251 g/mol. The Bertz CT molecular complexity index is 337. The number of nitrogens with zero attached hydrogens (tertiary/aromatic N) is 3. The van der Waals surface area contributed by atoms with Crippen LogP contribution in [0, 0.1) is 0 Å². The first-order valence-electron chi connectivity index (χ1n) is 6.69. The second-order valence-corrected chi connectivity index (χ2v) is 4.32. The predicted molar refractivity (Wildman–Crippen MR) is 70.1 cm³/mol. The molecule has 0 atom stereocenters. The lowest BCUT2D eigenvalue weighted by Gasteiger charge is -2.27. The molecule has 1 aromatic heterocycles. The van der Waals surface area contributed by atoms with Crippen molar-refractivity contribution in [3.8, 4) is 5.88 Å². The van der Waals surface area contributed by atoms with E-state index in [0.29, 0.717) is 25.7 Å². The highest BCUT2D eigenvalue weighted by Gasteiger charge is 2.12. The highest BCUT2D eigenvalue weighted by atomic mass is 16.5. The summed E-state index contributed by atoms with van der Waals surface area (Å²) in [5.74, 6) is 1.52. The number of ether oxygens (including phenoxy) is 2. The molecule has 1 aliphatic heterocycles. The quantitative estimate of drug-likeness (QED) is 0.722. The van der Waals surface area contributed by atoms with E-state index in [-0.39, 0.29) is 0 Å². The number of piperidine rings is 1. The predicted octanol–water partition coefficient (Wildman–Crippen LogP) is 1.88. The fraction of sp³-hybridized carbons (Fsp3) is 0.692. The average Bonchev–Trinajstić information content (AvgIpc) is 2.45. The second-order valence-electron chi connectivity index (χ2n) is 4.32. The van der Waals surface area contributed by atoms with Crippen molar-refractivity contribution in [3.05, 3.63) is 12.1 Å². The summed E-state index contributed by atoms with van der Waals surface area (Å²) in [6, 6.07) is 3.86. The molecule has 0 spiro atoms. The van der Waals surface area contributed by atoms with Gasteiger partial charge in [-0.15, -0.1) is 10.2 Å². The maximum atomic E-state index is 5.43. The lowest BCUT2D eigenvalue weighted by Crippen LogP contribution is -2.30. The number of rotatable bonds is 6. The molecule has 0 N–H and O–H groups in total. The van der Waals surface area contributed by atoms with Crippen LogP contribution in [0.1, 0.15) is 26.2 Å². The molecule has 0 unspecified atom stereocenters. The van der Waals surface area contributed by atoms with Gasteiger partial charge in [0.1, 0.15) is 6.61 Å². The molecule has 100 valence electrons. The zero-order valence-corrected chi connectivity index (χ0v) is 11.0. The van der Waals surface area contributed by atoms with Crippen LogP contribution in [-0.2, 0) is 4.74 Å². The number of hydrogen-bond acceptors (Lipinski definition) is 5. The van der Waals surface area contributed by atoms with Gasteiger partial charge in [0.15, 0.2) is 5.82 Å². The molecule has 0 aliphatic carbocycles. The first-order chi connectivity index (χ1) is 8.90.